The van der Waals surface area contributed by atoms with Gasteiger partial charge < -0.3 is 14.0 Å². The molecular formula is C57H74N2O5Si2. The average Bonchev–Trinajstić information content (AvgIpc) is 3.32. The van der Waals surface area contributed by atoms with Crippen molar-refractivity contribution in [1.82, 2.24) is 10.6 Å². The zero-order valence-electron chi connectivity index (χ0n) is 41.2. The minimum atomic E-state index is -1.95. The predicted octanol–water partition coefficient (Wildman–Crippen LogP) is 12.3. The number of hydrogen-bond acceptors (Lipinski definition) is 7. The molecule has 0 aromatic heterocycles. The van der Waals surface area contributed by atoms with Crippen LogP contribution in [-0.4, -0.2) is 59.8 Å². The maximum atomic E-state index is 10.4. The van der Waals surface area contributed by atoms with Gasteiger partial charge in [0.15, 0.2) is 16.6 Å². The van der Waals surface area contributed by atoms with Gasteiger partial charge in [-0.2, -0.15) is 9.59 Å². The summed E-state index contributed by atoms with van der Waals surface area (Å²) >= 11 is 0. The summed E-state index contributed by atoms with van der Waals surface area (Å²) in [5.74, 6) is 0. The van der Waals surface area contributed by atoms with Crippen LogP contribution < -0.4 is 10.6 Å². The molecule has 7 nitrogen and oxygen atoms in total. The van der Waals surface area contributed by atoms with Crippen molar-refractivity contribution < 1.29 is 23.5 Å². The van der Waals surface area contributed by atoms with Gasteiger partial charge >= 0.3 is 6.15 Å². The molecule has 0 amide bonds. The second kappa shape index (κ2) is 24.1. The number of benzene rings is 6. The van der Waals surface area contributed by atoms with Crippen molar-refractivity contribution in [3.8, 4) is 0 Å². The highest BCUT2D eigenvalue weighted by molar-refractivity contribution is 6.74. The van der Waals surface area contributed by atoms with Crippen LogP contribution in [0.15, 0.2) is 182 Å². The lowest BCUT2D eigenvalue weighted by Gasteiger charge is -2.42. The monoisotopic (exact) mass is 923 g/mol. The van der Waals surface area contributed by atoms with Crippen LogP contribution in [0.25, 0.3) is 0 Å². The van der Waals surface area contributed by atoms with E-state index in [9.17, 15) is 5.11 Å². The molecule has 0 fully saturated rings. The summed E-state index contributed by atoms with van der Waals surface area (Å²) in [6, 6.07) is 63.6. The van der Waals surface area contributed by atoms with Crippen molar-refractivity contribution in [2.24, 2.45) is 0 Å². The van der Waals surface area contributed by atoms with Crippen LogP contribution in [0.5, 0.6) is 0 Å². The van der Waals surface area contributed by atoms with Gasteiger partial charge in [-0.1, -0.05) is 224 Å². The Balaban J connectivity index is 0.000000272. The molecule has 3 N–H and O–H groups in total. The molecule has 6 aromatic carbocycles. The zero-order valence-corrected chi connectivity index (χ0v) is 43.2. The van der Waals surface area contributed by atoms with E-state index in [-0.39, 0.29) is 34.9 Å². The molecule has 6 aromatic rings. The van der Waals surface area contributed by atoms with Crippen molar-refractivity contribution in [3.63, 3.8) is 0 Å². The van der Waals surface area contributed by atoms with E-state index >= 15 is 0 Å². The molecule has 0 heterocycles. The molecule has 66 heavy (non-hydrogen) atoms. The summed E-state index contributed by atoms with van der Waals surface area (Å²) in [5, 5.41) is 18.6. The molecule has 0 aliphatic carbocycles. The van der Waals surface area contributed by atoms with Gasteiger partial charge in [0.05, 0.1) is 30.3 Å². The second-order valence-corrected chi connectivity index (χ2v) is 29.6. The van der Waals surface area contributed by atoms with E-state index in [1.165, 1.54) is 16.7 Å². The van der Waals surface area contributed by atoms with Crippen molar-refractivity contribution in [1.29, 1.82) is 0 Å². The van der Waals surface area contributed by atoms with Crippen LogP contribution in [0.2, 0.25) is 36.3 Å². The topological polar surface area (TPSA) is 96.9 Å². The molecule has 2 atom stereocenters. The second-order valence-electron chi connectivity index (χ2n) is 20.0. The fourth-order valence-corrected chi connectivity index (χ4v) is 9.71. The summed E-state index contributed by atoms with van der Waals surface area (Å²) in [5.41, 5.74) is 5.99. The van der Waals surface area contributed by atoms with Crippen molar-refractivity contribution in [2.45, 2.75) is 108 Å². The fourth-order valence-electron chi connectivity index (χ4n) is 7.56. The van der Waals surface area contributed by atoms with Crippen LogP contribution in [-0.2, 0) is 29.5 Å². The van der Waals surface area contributed by atoms with Gasteiger partial charge in [0.25, 0.3) is 0 Å². The van der Waals surface area contributed by atoms with Gasteiger partial charge in [0.2, 0.25) is 0 Å². The normalized spacial score (nSPS) is 13.2. The minimum Gasteiger partial charge on any atom is -0.415 e. The molecule has 350 valence electrons. The molecule has 0 bridgehead atoms. The zero-order chi connectivity index (χ0) is 48.5. The lowest BCUT2D eigenvalue weighted by atomic mass is 9.76. The molecule has 9 heteroatoms. The highest BCUT2D eigenvalue weighted by Crippen LogP contribution is 2.41. The Kier molecular flexibility index (Phi) is 19.6. The highest BCUT2D eigenvalue weighted by Gasteiger charge is 2.42. The summed E-state index contributed by atoms with van der Waals surface area (Å²) in [6.45, 7) is 26.1. The quantitative estimate of drug-likeness (QED) is 0.0619. The van der Waals surface area contributed by atoms with Crippen molar-refractivity contribution in [2.75, 3.05) is 19.8 Å². The Morgan fingerprint density at radius 3 is 0.909 bits per heavy atom. The van der Waals surface area contributed by atoms with Crippen molar-refractivity contribution in [3.05, 3.63) is 215 Å². The Hall–Kier alpha value is -5.07. The van der Waals surface area contributed by atoms with E-state index in [1.54, 1.807) is 0 Å². The van der Waals surface area contributed by atoms with Crippen LogP contribution in [0.3, 0.4) is 0 Å². The maximum Gasteiger partial charge on any atom is 0.373 e. The number of aliphatic hydroxyl groups is 1. The van der Waals surface area contributed by atoms with Gasteiger partial charge in [-0.25, -0.2) is 0 Å². The first-order valence-corrected chi connectivity index (χ1v) is 28.9. The Bertz CT molecular complexity index is 2120. The molecule has 0 aliphatic heterocycles. The molecule has 0 saturated carbocycles. The summed E-state index contributed by atoms with van der Waals surface area (Å²) in [7, 11) is -3.77. The molecule has 0 saturated heterocycles. The molecule has 0 spiro atoms. The van der Waals surface area contributed by atoms with E-state index in [4.69, 9.17) is 18.4 Å². The first-order chi connectivity index (χ1) is 31.3. The molecule has 0 aliphatic rings. The lowest BCUT2D eigenvalue weighted by Crippen LogP contribution is -2.54. The van der Waals surface area contributed by atoms with Gasteiger partial charge in [-0.15, -0.1) is 0 Å². The van der Waals surface area contributed by atoms with Crippen molar-refractivity contribution >= 4 is 22.8 Å². The Morgan fingerprint density at radius 2 is 0.682 bits per heavy atom. The number of rotatable bonds is 17. The maximum absolute atomic E-state index is 10.4. The van der Waals surface area contributed by atoms with Gasteiger partial charge in [0, 0.05) is 12.6 Å². The van der Waals surface area contributed by atoms with E-state index in [1.807, 2.05) is 18.2 Å². The van der Waals surface area contributed by atoms with Gasteiger partial charge in [0.1, 0.15) is 0 Å². The van der Waals surface area contributed by atoms with Crippen LogP contribution >= 0.6 is 0 Å². The number of nitrogens with one attached hydrogen (secondary N) is 2. The van der Waals surface area contributed by atoms with E-state index in [2.05, 4.69) is 249 Å². The standard InChI is InChI=1S/C28H37NO2Si.C28H37NOSi.CO2/c1-27(2,3)32(4,5)31-22-26(21-30)29-28(23-15-9-6-10-16-23,24-17-11-7-12-18-24)25-19-13-8-14-20-25;1-23(22-30-31(5,6)27(2,3)4)29-28(24-16-10-7-11-17-24,25-18-12-8-13-19-25)26-20-14-9-15-21-26;2-1-3/h6-20,26,29-30H,21-22H2,1-5H3;7-21,23,29H,22H2,1-6H3;/t26-;23-;/m11./s1. The number of hydrogen-bond donors (Lipinski definition) is 3. The SMILES string of the molecule is CC(C)(C)[Si](C)(C)OC[C@@H](CO)NC(c1ccccc1)(c1ccccc1)c1ccccc1.C[C@H](CO[Si](C)(C)C(C)(C)C)NC(c1ccccc1)(c1ccccc1)c1ccccc1.O=C=O. The molecule has 0 radical (unpaired) electrons. The first-order valence-electron chi connectivity index (χ1n) is 23.1. The first kappa shape index (κ1) is 53.5. The van der Waals surface area contributed by atoms with Crippen LogP contribution in [0.1, 0.15) is 81.8 Å². The largest absolute Gasteiger partial charge is 0.415 e. The van der Waals surface area contributed by atoms with E-state index in [0.29, 0.717) is 13.2 Å². The number of aliphatic hydroxyl groups excluding tert-OH is 1. The summed E-state index contributed by atoms with van der Waals surface area (Å²) < 4.78 is 13.1. The third kappa shape index (κ3) is 13.5. The third-order valence-electron chi connectivity index (χ3n) is 13.3. The lowest BCUT2D eigenvalue weighted by molar-refractivity contribution is -0.191. The van der Waals surface area contributed by atoms with E-state index in [0.717, 1.165) is 16.7 Å². The van der Waals surface area contributed by atoms with Crippen LogP contribution in [0.4, 0.5) is 0 Å². The third-order valence-corrected chi connectivity index (χ3v) is 22.3. The average molecular weight is 923 g/mol. The molecule has 6 rings (SSSR count). The van der Waals surface area contributed by atoms with Crippen LogP contribution in [0, 0.1) is 0 Å². The Labute approximate surface area is 398 Å². The molecule has 0 unspecified atom stereocenters. The van der Waals surface area contributed by atoms with Gasteiger partial charge in [-0.05, 0) is 76.6 Å². The van der Waals surface area contributed by atoms with Gasteiger partial charge in [-0.3, -0.25) is 10.6 Å². The minimum absolute atomic E-state index is 0.0110. The smallest absolute Gasteiger partial charge is 0.373 e. The van der Waals surface area contributed by atoms with E-state index < -0.39 is 27.7 Å². The highest BCUT2D eigenvalue weighted by atomic mass is 28.4. The number of carbonyl (C=O) groups excluding carboxylic acids is 2. The summed E-state index contributed by atoms with van der Waals surface area (Å²) in [4.78, 5) is 16.2. The predicted molar refractivity (Wildman–Crippen MR) is 276 cm³/mol. The molecular weight excluding hydrogens is 849 g/mol. The fraction of sp³-hybridized carbons (Fsp3) is 0.351. The summed E-state index contributed by atoms with van der Waals surface area (Å²) in [6.07, 6.45) is 0.250. The Morgan fingerprint density at radius 1 is 0.455 bits per heavy atom.